The van der Waals surface area contributed by atoms with E-state index in [2.05, 4.69) is 211 Å². The highest BCUT2D eigenvalue weighted by atomic mass is 32.2. The molecule has 728 valence electrons. The number of aliphatic imine (C=N–C) groups is 2. The second-order valence-electron chi connectivity index (χ2n) is 32.2. The van der Waals surface area contributed by atoms with Gasteiger partial charge in [-0.2, -0.15) is 4.99 Å². The van der Waals surface area contributed by atoms with Crippen LogP contribution in [0.4, 0.5) is 22.7 Å². The summed E-state index contributed by atoms with van der Waals surface area (Å²) in [6, 6.07) is 75.1. The van der Waals surface area contributed by atoms with E-state index in [4.69, 9.17) is 80.5 Å². The SMILES string of the molecule is CCOc1ccc(Cc2nc3cc(N)ccc3n2CCN(CC)CC)cc1.CCOc1ccc(Cc2nc3cc(N=C(N)SCC)ccc3n2CCN(CC)CC)cc1.CCOc1ccc(Cc2nc3cc(NC(=S)NC(=O)c4ccccc4)ccc3n2CCN(CC)CC)cc1.CCOc1ccc(Cc2nc3cc(NC(N)=S)ccc3n2CCN(CC)CC)cc1.O=C(N=C=S)c1ccccc1. The number of nitrogens with two attached hydrogens (primary N) is 3. The second kappa shape index (κ2) is 56.8. The Labute approximate surface area is 834 Å². The number of hydrogen-bond acceptors (Lipinski definition) is 20. The van der Waals surface area contributed by atoms with Gasteiger partial charge in [0.2, 0.25) is 0 Å². The fourth-order valence-electron chi connectivity index (χ4n) is 15.9. The topological polar surface area (TPSA) is 294 Å². The smallest absolute Gasteiger partial charge is 0.285 e. The number of thioether (sulfide) groups is 1. The van der Waals surface area contributed by atoms with Crippen LogP contribution in [0.15, 0.2) is 241 Å². The largest absolute Gasteiger partial charge is 0.494 e. The number of imidazole rings is 4. The van der Waals surface area contributed by atoms with Crippen molar-refractivity contribution in [3.63, 3.8) is 0 Å². The Morgan fingerprint density at radius 1 is 0.399 bits per heavy atom. The van der Waals surface area contributed by atoms with Crippen LogP contribution in [0, 0.1) is 0 Å². The van der Waals surface area contributed by atoms with Gasteiger partial charge < -0.3 is 84.7 Å². The van der Waals surface area contributed by atoms with Crippen LogP contribution in [-0.4, -0.2) is 201 Å². The summed E-state index contributed by atoms with van der Waals surface area (Å²) in [5.41, 5.74) is 35.0. The highest BCUT2D eigenvalue weighted by Crippen LogP contribution is 2.30. The van der Waals surface area contributed by atoms with Crippen molar-refractivity contribution < 1.29 is 28.5 Å². The molecule has 0 spiro atoms. The van der Waals surface area contributed by atoms with E-state index in [1.54, 1.807) is 48.2 Å². The minimum Gasteiger partial charge on any atom is -0.494 e. The minimum atomic E-state index is -0.347. The van der Waals surface area contributed by atoms with Crippen molar-refractivity contribution in [2.45, 2.75) is 142 Å². The van der Waals surface area contributed by atoms with Crippen LogP contribution in [0.3, 0.4) is 0 Å². The van der Waals surface area contributed by atoms with E-state index in [9.17, 15) is 9.59 Å². The molecule has 0 radical (unpaired) electrons. The molecule has 0 saturated carbocycles. The maximum absolute atomic E-state index is 12.4. The molecule has 0 aliphatic carbocycles. The number of likely N-dealkylation sites (N-methyl/N-ethyl adjacent to an activating group) is 4. The summed E-state index contributed by atoms with van der Waals surface area (Å²) in [5, 5.41) is 12.0. The first-order valence-corrected chi connectivity index (χ1v) is 50.2. The number of fused-ring (bicyclic) bond motifs is 4. The Morgan fingerprint density at radius 3 is 1.04 bits per heavy atom. The number of hydrogen-bond donors (Lipinski definition) is 6. The average molecular weight is 1940 g/mol. The molecule has 4 aromatic heterocycles. The van der Waals surface area contributed by atoms with E-state index in [0.29, 0.717) is 49.1 Å². The van der Waals surface area contributed by atoms with Crippen LogP contribution in [0.25, 0.3) is 44.1 Å². The summed E-state index contributed by atoms with van der Waals surface area (Å²) in [6.45, 7) is 46.2. The predicted molar refractivity (Wildman–Crippen MR) is 582 cm³/mol. The van der Waals surface area contributed by atoms with E-state index in [0.717, 1.165) is 243 Å². The third kappa shape index (κ3) is 32.7. The first kappa shape index (κ1) is 107. The van der Waals surface area contributed by atoms with Crippen molar-refractivity contribution in [1.82, 2.24) is 63.1 Å². The van der Waals surface area contributed by atoms with Gasteiger partial charge in [0.1, 0.15) is 46.3 Å². The molecule has 30 heteroatoms. The summed E-state index contributed by atoms with van der Waals surface area (Å²) in [5.74, 6) is 8.08. The summed E-state index contributed by atoms with van der Waals surface area (Å²) >= 11 is 16.2. The highest BCUT2D eigenvalue weighted by Gasteiger charge is 2.21. The lowest BCUT2D eigenvalue weighted by atomic mass is 10.1. The summed E-state index contributed by atoms with van der Waals surface area (Å²) in [6.07, 6.45) is 3.04. The molecular formula is C108H136N20O6S4. The molecule has 0 aliphatic heterocycles. The molecule has 14 aromatic rings. The van der Waals surface area contributed by atoms with Crippen molar-refractivity contribution in [2.75, 3.05) is 127 Å². The quantitative estimate of drug-likeness (QED) is 0.00896. The van der Waals surface area contributed by atoms with E-state index < -0.39 is 0 Å². The van der Waals surface area contributed by atoms with E-state index in [-0.39, 0.29) is 22.0 Å². The molecule has 0 fully saturated rings. The molecule has 0 unspecified atom stereocenters. The number of rotatable bonds is 42. The Bertz CT molecular complexity index is 6230. The molecule has 0 bridgehead atoms. The number of aromatic nitrogens is 8. The molecule has 26 nitrogen and oxygen atoms in total. The lowest BCUT2D eigenvalue weighted by molar-refractivity contribution is 0.0975. The van der Waals surface area contributed by atoms with Gasteiger partial charge in [-0.25, -0.2) is 24.9 Å². The van der Waals surface area contributed by atoms with Crippen molar-refractivity contribution >= 4 is 148 Å². The molecule has 4 heterocycles. The number of nitrogen functional groups attached to an aromatic ring is 1. The molecule has 0 aliphatic rings. The van der Waals surface area contributed by atoms with Gasteiger partial charge in [-0.05, 0) is 290 Å². The van der Waals surface area contributed by atoms with Gasteiger partial charge in [0.05, 0.1) is 81.4 Å². The number of nitrogens with zero attached hydrogens (tertiary/aromatic N) is 14. The maximum atomic E-state index is 12.4. The normalized spacial score (nSPS) is 11.2. The fourth-order valence-corrected chi connectivity index (χ4v) is 16.8. The Balaban J connectivity index is 0.000000184. The monoisotopic (exact) mass is 1940 g/mol. The zero-order valence-corrected chi connectivity index (χ0v) is 85.5. The Hall–Kier alpha value is -12.7. The van der Waals surface area contributed by atoms with Crippen LogP contribution in [0.2, 0.25) is 0 Å². The van der Waals surface area contributed by atoms with Crippen LogP contribution < -0.4 is 52.1 Å². The number of amides is 2. The van der Waals surface area contributed by atoms with Crippen molar-refractivity contribution in [2.24, 2.45) is 21.5 Å². The molecule has 9 N–H and O–H groups in total. The predicted octanol–water partition coefficient (Wildman–Crippen LogP) is 20.5. The highest BCUT2D eigenvalue weighted by molar-refractivity contribution is 8.13. The summed E-state index contributed by atoms with van der Waals surface area (Å²) < 4.78 is 31.6. The molecule has 0 atom stereocenters. The number of benzene rings is 10. The Morgan fingerprint density at radius 2 is 0.717 bits per heavy atom. The first-order chi connectivity index (χ1) is 67.1. The number of nitrogens with one attached hydrogen (secondary N) is 3. The van der Waals surface area contributed by atoms with Crippen LogP contribution >= 0.6 is 48.4 Å². The molecule has 138 heavy (non-hydrogen) atoms. The van der Waals surface area contributed by atoms with E-state index >= 15 is 0 Å². The van der Waals surface area contributed by atoms with Crippen molar-refractivity contribution in [3.05, 3.63) is 287 Å². The number of amidine groups is 1. The zero-order valence-electron chi connectivity index (χ0n) is 82.2. The fraction of sp³-hybridized carbons (Fsp3) is 0.352. The maximum Gasteiger partial charge on any atom is 0.285 e. The van der Waals surface area contributed by atoms with E-state index in [1.165, 1.54) is 22.3 Å². The third-order valence-electron chi connectivity index (χ3n) is 23.3. The number of isothiocyanates is 1. The van der Waals surface area contributed by atoms with Crippen molar-refractivity contribution in [3.8, 4) is 23.0 Å². The number of anilines is 3. The zero-order chi connectivity index (χ0) is 98.7. The van der Waals surface area contributed by atoms with Crippen LogP contribution in [0.1, 0.15) is 156 Å². The van der Waals surface area contributed by atoms with Gasteiger partial charge in [0.25, 0.3) is 11.8 Å². The van der Waals surface area contributed by atoms with Crippen LogP contribution in [0.5, 0.6) is 23.0 Å². The summed E-state index contributed by atoms with van der Waals surface area (Å²) in [4.78, 5) is 60.8. The van der Waals surface area contributed by atoms with Gasteiger partial charge in [-0.3, -0.25) is 14.9 Å². The second-order valence-corrected chi connectivity index (χ2v) is 34.5. The van der Waals surface area contributed by atoms with Crippen molar-refractivity contribution in [1.29, 1.82) is 0 Å². The standard InChI is InChI=1S/C30H35N5O2S.C25H35N5OS.C23H31N5OS.C22H30N4O.C8H5NOS/c1-4-34(5-2)18-19-35-27-17-14-24(31-30(38)33-29(36)23-10-8-7-9-11-23)21-26(27)32-28(35)20-22-12-15-25(16-13-22)37-6-3;1-5-29(6-2)15-16-30-23-14-11-20(27-25(26)32-8-4)18-22(23)28-24(30)17-19-9-12-21(13-10-19)31-7-3;1-4-27(5-2)13-14-28-21-12-9-18(25-23(24)30)16-20(21)26-22(28)15-17-7-10-19(11-8-17)29-6-3;1-4-25(5-2)13-14-26-21-12-9-18(23)16-20(21)24-22(26)15-17-7-10-19(11-8-17)27-6-3;10-8(9-6-11)7-4-2-1-3-5-7/h7-17,21H,4-6,18-20H2,1-3H3,(H2,31,33,36,38);9-14,18H,5-8,15-17H2,1-4H3,(H2,26,27);7-12,16H,4-6,13-15H2,1-3H3,(H3,24,25,30);7-12,16H,4-6,13-15,23H2,1-3H3;1-5H. The minimum absolute atomic E-state index is 0.244. The molecular weight excluding hydrogens is 1800 g/mol. The van der Waals surface area contributed by atoms with Gasteiger partial charge >= 0.3 is 0 Å². The number of carbonyl (C=O) groups excluding carboxylic acids is 2. The molecule has 2 amide bonds. The van der Waals surface area contributed by atoms with Gasteiger partial charge in [-0.15, -0.1) is 0 Å². The molecule has 0 saturated heterocycles. The number of carbonyl (C=O) groups is 2. The lowest BCUT2D eigenvalue weighted by Gasteiger charge is -2.19. The first-order valence-electron chi connectivity index (χ1n) is 48.0. The lowest BCUT2D eigenvalue weighted by Crippen LogP contribution is -2.34. The molecule has 14 rings (SSSR count). The van der Waals surface area contributed by atoms with E-state index in [1.807, 2.05) is 154 Å². The van der Waals surface area contributed by atoms with Gasteiger partial charge in [-0.1, -0.05) is 159 Å². The number of thiocarbonyl (C=S) groups is 3. The Kier molecular flexibility index (Phi) is 44.2. The van der Waals surface area contributed by atoms with Gasteiger partial charge in [0, 0.05) is 106 Å². The molecule has 10 aromatic carbocycles. The summed E-state index contributed by atoms with van der Waals surface area (Å²) in [7, 11) is 0. The van der Waals surface area contributed by atoms with Gasteiger partial charge in [0.15, 0.2) is 15.4 Å². The van der Waals surface area contributed by atoms with Crippen LogP contribution in [-0.2, 0) is 51.9 Å². The number of ether oxygens (including phenoxy) is 4. The average Bonchev–Trinajstić information content (AvgIpc) is 1.66. The third-order valence-corrected chi connectivity index (χ3v) is 24.4.